The van der Waals surface area contributed by atoms with E-state index in [-0.39, 0.29) is 22.4 Å². The van der Waals surface area contributed by atoms with Crippen molar-refractivity contribution in [2.45, 2.75) is 31.7 Å². The van der Waals surface area contributed by atoms with Crippen molar-refractivity contribution in [2.75, 3.05) is 0 Å². The third kappa shape index (κ3) is 3.04. The summed E-state index contributed by atoms with van der Waals surface area (Å²) >= 11 is 5.97. The van der Waals surface area contributed by atoms with Gasteiger partial charge in [0.15, 0.2) is 0 Å². The molecule has 1 aromatic rings. The van der Waals surface area contributed by atoms with Crippen LogP contribution in [0.25, 0.3) is 0 Å². The second-order valence-corrected chi connectivity index (χ2v) is 4.97. The molecule has 0 spiro atoms. The number of rotatable bonds is 3. The smallest absolute Gasteiger partial charge is 0.423 e. The van der Waals surface area contributed by atoms with E-state index in [0.29, 0.717) is 5.56 Å². The van der Waals surface area contributed by atoms with Gasteiger partial charge in [-0.25, -0.2) is 0 Å². The molecule has 18 heavy (non-hydrogen) atoms. The van der Waals surface area contributed by atoms with E-state index in [4.69, 9.17) is 21.6 Å². The van der Waals surface area contributed by atoms with Crippen LogP contribution < -0.4 is 10.8 Å². The molecule has 1 aliphatic carbocycles. The van der Waals surface area contributed by atoms with Crippen LogP contribution >= 0.6 is 11.6 Å². The molecule has 0 atom stereocenters. The lowest BCUT2D eigenvalue weighted by Crippen LogP contribution is -2.34. The molecular formula is C12H15BClNO3. The number of amides is 1. The van der Waals surface area contributed by atoms with Crippen LogP contribution in [0.2, 0.25) is 5.02 Å². The number of nitrogens with one attached hydrogen (secondary N) is 1. The number of carbonyl (C=O) groups excluding carboxylic acids is 1. The van der Waals surface area contributed by atoms with Gasteiger partial charge in [0.1, 0.15) is 0 Å². The van der Waals surface area contributed by atoms with Gasteiger partial charge in [0.2, 0.25) is 0 Å². The number of hydrogen-bond donors (Lipinski definition) is 3. The summed E-state index contributed by atoms with van der Waals surface area (Å²) in [7, 11) is -1.57. The first-order valence-electron chi connectivity index (χ1n) is 6.04. The number of hydrogen-bond acceptors (Lipinski definition) is 3. The molecule has 1 fully saturated rings. The molecule has 3 N–H and O–H groups in total. The average Bonchev–Trinajstić information content (AvgIpc) is 2.81. The topological polar surface area (TPSA) is 69.6 Å². The Morgan fingerprint density at radius 1 is 1.33 bits per heavy atom. The van der Waals surface area contributed by atoms with Crippen LogP contribution in [0.15, 0.2) is 18.2 Å². The maximum atomic E-state index is 12.0. The van der Waals surface area contributed by atoms with Crippen LogP contribution in [0.1, 0.15) is 36.0 Å². The van der Waals surface area contributed by atoms with Crippen molar-refractivity contribution in [1.29, 1.82) is 0 Å². The van der Waals surface area contributed by atoms with Gasteiger partial charge in [-0.05, 0) is 30.4 Å². The Balaban J connectivity index is 2.10. The van der Waals surface area contributed by atoms with Gasteiger partial charge in [0, 0.05) is 6.04 Å². The Labute approximate surface area is 111 Å². The summed E-state index contributed by atoms with van der Waals surface area (Å²) in [4.78, 5) is 12.0. The number of halogens is 1. The Morgan fingerprint density at radius 3 is 2.56 bits per heavy atom. The van der Waals surface area contributed by atoms with E-state index in [1.54, 1.807) is 0 Å². The molecule has 0 aromatic heterocycles. The molecule has 1 amide bonds. The fourth-order valence-corrected chi connectivity index (χ4v) is 2.48. The molecule has 0 bridgehead atoms. The lowest BCUT2D eigenvalue weighted by Gasteiger charge is -2.13. The average molecular weight is 268 g/mol. The van der Waals surface area contributed by atoms with Crippen molar-refractivity contribution in [3.63, 3.8) is 0 Å². The predicted molar refractivity (Wildman–Crippen MR) is 71.0 cm³/mol. The van der Waals surface area contributed by atoms with Crippen LogP contribution in [0.3, 0.4) is 0 Å². The van der Waals surface area contributed by atoms with Gasteiger partial charge in [-0.2, -0.15) is 0 Å². The maximum absolute atomic E-state index is 12.0. The SMILES string of the molecule is O=C(NC1CCCC1)c1ccc(B(O)O)cc1Cl. The third-order valence-corrected chi connectivity index (χ3v) is 3.54. The molecule has 1 saturated carbocycles. The first-order valence-corrected chi connectivity index (χ1v) is 6.42. The van der Waals surface area contributed by atoms with Crippen LogP contribution in [-0.2, 0) is 0 Å². The zero-order valence-electron chi connectivity index (χ0n) is 9.90. The van der Waals surface area contributed by atoms with Gasteiger partial charge in [0.25, 0.3) is 5.91 Å². The van der Waals surface area contributed by atoms with E-state index in [2.05, 4.69) is 5.32 Å². The second kappa shape index (κ2) is 5.74. The van der Waals surface area contributed by atoms with Gasteiger partial charge < -0.3 is 15.4 Å². The molecule has 0 saturated heterocycles. The first kappa shape index (κ1) is 13.4. The molecule has 1 aliphatic rings. The molecule has 0 unspecified atom stereocenters. The standard InChI is InChI=1S/C12H15BClNO3/c14-11-7-8(13(17)18)5-6-10(11)12(16)15-9-3-1-2-4-9/h5-7,9,17-18H,1-4H2,(H,15,16). The zero-order chi connectivity index (χ0) is 13.1. The molecule has 0 heterocycles. The fraction of sp³-hybridized carbons (Fsp3) is 0.417. The van der Waals surface area contributed by atoms with Crippen LogP contribution in [0.5, 0.6) is 0 Å². The first-order chi connectivity index (χ1) is 8.58. The summed E-state index contributed by atoms with van der Waals surface area (Å²) in [6, 6.07) is 4.63. The van der Waals surface area contributed by atoms with Gasteiger partial charge in [-0.1, -0.05) is 30.5 Å². The van der Waals surface area contributed by atoms with Crippen LogP contribution in [-0.4, -0.2) is 29.1 Å². The minimum atomic E-state index is -1.57. The highest BCUT2D eigenvalue weighted by molar-refractivity contribution is 6.59. The number of benzene rings is 1. The van der Waals surface area contributed by atoms with Crippen molar-refractivity contribution in [2.24, 2.45) is 0 Å². The summed E-state index contributed by atoms with van der Waals surface area (Å²) in [5.41, 5.74) is 0.644. The zero-order valence-corrected chi connectivity index (χ0v) is 10.7. The second-order valence-electron chi connectivity index (χ2n) is 4.57. The van der Waals surface area contributed by atoms with Gasteiger partial charge in [0.05, 0.1) is 10.6 Å². The Hall–Kier alpha value is -1.04. The molecule has 96 valence electrons. The van der Waals surface area contributed by atoms with Crippen LogP contribution in [0.4, 0.5) is 0 Å². The fourth-order valence-electron chi connectivity index (χ4n) is 2.21. The minimum Gasteiger partial charge on any atom is -0.423 e. The summed E-state index contributed by atoms with van der Waals surface area (Å²) in [5.74, 6) is -0.203. The maximum Gasteiger partial charge on any atom is 0.488 e. The van der Waals surface area contributed by atoms with Gasteiger partial charge in [-0.15, -0.1) is 0 Å². The Bertz CT molecular complexity index is 447. The largest absolute Gasteiger partial charge is 0.488 e. The lowest BCUT2D eigenvalue weighted by atomic mass is 9.80. The van der Waals surface area contributed by atoms with E-state index in [0.717, 1.165) is 25.7 Å². The quantitative estimate of drug-likeness (QED) is 0.706. The number of carbonyl (C=O) groups is 1. The van der Waals surface area contributed by atoms with Gasteiger partial charge in [-0.3, -0.25) is 4.79 Å². The van der Waals surface area contributed by atoms with E-state index in [1.807, 2.05) is 0 Å². The highest BCUT2D eigenvalue weighted by Crippen LogP contribution is 2.19. The van der Waals surface area contributed by atoms with Crippen molar-refractivity contribution < 1.29 is 14.8 Å². The molecule has 6 heteroatoms. The molecule has 0 radical (unpaired) electrons. The van der Waals surface area contributed by atoms with E-state index in [9.17, 15) is 4.79 Å². The van der Waals surface area contributed by atoms with E-state index in [1.165, 1.54) is 18.2 Å². The summed E-state index contributed by atoms with van der Waals surface area (Å²) in [5, 5.41) is 21.2. The third-order valence-electron chi connectivity index (χ3n) is 3.23. The van der Waals surface area contributed by atoms with Crippen molar-refractivity contribution in [3.05, 3.63) is 28.8 Å². The molecule has 2 rings (SSSR count). The molecular weight excluding hydrogens is 252 g/mol. The Morgan fingerprint density at radius 2 is 2.00 bits per heavy atom. The highest BCUT2D eigenvalue weighted by atomic mass is 35.5. The van der Waals surface area contributed by atoms with E-state index >= 15 is 0 Å². The molecule has 1 aromatic carbocycles. The predicted octanol–water partition coefficient (Wildman–Crippen LogP) is 0.692. The normalized spacial score (nSPS) is 15.7. The highest BCUT2D eigenvalue weighted by Gasteiger charge is 2.20. The molecule has 0 aliphatic heterocycles. The van der Waals surface area contributed by atoms with Crippen molar-refractivity contribution in [1.82, 2.24) is 5.32 Å². The Kier molecular flexibility index (Phi) is 4.27. The molecule has 4 nitrogen and oxygen atoms in total. The van der Waals surface area contributed by atoms with Crippen molar-refractivity contribution in [3.8, 4) is 0 Å². The van der Waals surface area contributed by atoms with Crippen molar-refractivity contribution >= 4 is 30.1 Å². The lowest BCUT2D eigenvalue weighted by molar-refractivity contribution is 0.0938. The minimum absolute atomic E-state index is 0.203. The monoisotopic (exact) mass is 267 g/mol. The van der Waals surface area contributed by atoms with Crippen LogP contribution in [0, 0.1) is 0 Å². The van der Waals surface area contributed by atoms with Gasteiger partial charge >= 0.3 is 7.12 Å². The van der Waals surface area contributed by atoms with E-state index < -0.39 is 7.12 Å². The summed E-state index contributed by atoms with van der Waals surface area (Å²) in [6.07, 6.45) is 4.32. The summed E-state index contributed by atoms with van der Waals surface area (Å²) in [6.45, 7) is 0. The summed E-state index contributed by atoms with van der Waals surface area (Å²) < 4.78 is 0.